The molecule has 2 aromatic rings. The molecule has 0 aromatic heterocycles. The second-order valence-corrected chi connectivity index (χ2v) is 5.49. The summed E-state index contributed by atoms with van der Waals surface area (Å²) in [5, 5.41) is 8.77. The van der Waals surface area contributed by atoms with Crippen LogP contribution in [0.2, 0.25) is 0 Å². The van der Waals surface area contributed by atoms with E-state index in [-0.39, 0.29) is 11.6 Å². The molecule has 1 aliphatic heterocycles. The van der Waals surface area contributed by atoms with E-state index >= 15 is 0 Å². The molecule has 0 spiro atoms. The zero-order valence-corrected chi connectivity index (χ0v) is 12.9. The van der Waals surface area contributed by atoms with Crippen molar-refractivity contribution in [2.45, 2.75) is 0 Å². The second-order valence-electron chi connectivity index (χ2n) is 4.58. The number of nitriles is 1. The summed E-state index contributed by atoms with van der Waals surface area (Å²) in [6, 6.07) is 16.3. The topological polar surface area (TPSA) is 62.4 Å². The summed E-state index contributed by atoms with van der Waals surface area (Å²) >= 11 is 3.35. The van der Waals surface area contributed by atoms with E-state index in [4.69, 9.17) is 10.00 Å². The van der Waals surface area contributed by atoms with Gasteiger partial charge in [0.05, 0.1) is 11.6 Å². The van der Waals surface area contributed by atoms with Gasteiger partial charge in [-0.15, -0.1) is 0 Å². The quantitative estimate of drug-likeness (QED) is 0.611. The molecule has 0 bridgehead atoms. The number of esters is 1. The Morgan fingerprint density at radius 1 is 1.09 bits per heavy atom. The Bertz CT molecular complexity index is 828. The standard InChI is InChI=1S/C17H9BrN2O2/c18-14-7-5-13(6-8-14)16-20-15(17(21)22-16)9-11-1-3-12(10-19)4-2-11/h1-9H/b15-9-. The van der Waals surface area contributed by atoms with Gasteiger partial charge in [-0.3, -0.25) is 0 Å². The third kappa shape index (κ3) is 2.97. The number of rotatable bonds is 2. The Morgan fingerprint density at radius 2 is 1.77 bits per heavy atom. The average molecular weight is 353 g/mol. The molecule has 0 aliphatic carbocycles. The summed E-state index contributed by atoms with van der Waals surface area (Å²) < 4.78 is 6.13. The van der Waals surface area contributed by atoms with E-state index in [2.05, 4.69) is 20.9 Å². The molecule has 0 radical (unpaired) electrons. The SMILES string of the molecule is N#Cc1ccc(/C=C2\N=C(c3ccc(Br)cc3)OC2=O)cc1. The molecular formula is C17H9BrN2O2. The van der Waals surface area contributed by atoms with Crippen molar-refractivity contribution in [3.63, 3.8) is 0 Å². The molecule has 0 saturated heterocycles. The van der Waals surface area contributed by atoms with E-state index in [1.54, 1.807) is 30.3 Å². The highest BCUT2D eigenvalue weighted by atomic mass is 79.9. The molecule has 2 aromatic carbocycles. The summed E-state index contributed by atoms with van der Waals surface area (Å²) in [5.74, 6) is -0.195. The van der Waals surface area contributed by atoms with Gasteiger partial charge in [-0.25, -0.2) is 9.79 Å². The highest BCUT2D eigenvalue weighted by molar-refractivity contribution is 9.10. The molecule has 0 amide bonds. The normalized spacial score (nSPS) is 15.4. The van der Waals surface area contributed by atoms with E-state index < -0.39 is 5.97 Å². The molecule has 4 nitrogen and oxygen atoms in total. The molecule has 3 rings (SSSR count). The number of nitrogens with zero attached hydrogens (tertiary/aromatic N) is 2. The van der Waals surface area contributed by atoms with Gasteiger partial charge in [-0.05, 0) is 48.0 Å². The lowest BCUT2D eigenvalue weighted by molar-refractivity contribution is -0.129. The van der Waals surface area contributed by atoms with E-state index in [0.717, 1.165) is 15.6 Å². The molecule has 22 heavy (non-hydrogen) atoms. The fourth-order valence-electron chi connectivity index (χ4n) is 1.94. The first-order valence-electron chi connectivity index (χ1n) is 6.44. The van der Waals surface area contributed by atoms with Crippen molar-refractivity contribution in [3.05, 3.63) is 75.4 Å². The predicted octanol–water partition coefficient (Wildman–Crippen LogP) is 3.67. The molecule has 0 fully saturated rings. The van der Waals surface area contributed by atoms with Gasteiger partial charge < -0.3 is 4.74 Å². The third-order valence-electron chi connectivity index (χ3n) is 3.05. The zero-order chi connectivity index (χ0) is 15.5. The number of halogens is 1. The number of cyclic esters (lactones) is 1. The van der Waals surface area contributed by atoms with Crippen LogP contribution in [0.1, 0.15) is 16.7 Å². The first-order chi connectivity index (χ1) is 10.7. The van der Waals surface area contributed by atoms with Crippen molar-refractivity contribution in [1.29, 1.82) is 5.26 Å². The first-order valence-corrected chi connectivity index (χ1v) is 7.24. The molecule has 1 aliphatic rings. The third-order valence-corrected chi connectivity index (χ3v) is 3.58. The van der Waals surface area contributed by atoms with Crippen LogP contribution in [0.5, 0.6) is 0 Å². The van der Waals surface area contributed by atoms with Gasteiger partial charge in [0, 0.05) is 10.0 Å². The zero-order valence-electron chi connectivity index (χ0n) is 11.3. The monoisotopic (exact) mass is 352 g/mol. The number of hydrogen-bond donors (Lipinski definition) is 0. The first kappa shape index (κ1) is 14.2. The summed E-state index contributed by atoms with van der Waals surface area (Å²) in [6.45, 7) is 0. The Balaban J connectivity index is 1.90. The highest BCUT2D eigenvalue weighted by Gasteiger charge is 2.23. The molecule has 5 heteroatoms. The van der Waals surface area contributed by atoms with Gasteiger partial charge >= 0.3 is 5.97 Å². The van der Waals surface area contributed by atoms with Crippen LogP contribution >= 0.6 is 15.9 Å². The molecule has 106 valence electrons. The van der Waals surface area contributed by atoms with Gasteiger partial charge in [0.1, 0.15) is 0 Å². The van der Waals surface area contributed by atoms with Crippen LogP contribution in [0.25, 0.3) is 6.08 Å². The minimum Gasteiger partial charge on any atom is -0.402 e. The molecule has 0 saturated carbocycles. The summed E-state index contributed by atoms with van der Waals surface area (Å²) in [5.41, 5.74) is 2.32. The Morgan fingerprint density at radius 3 is 2.41 bits per heavy atom. The Hall–Kier alpha value is -2.71. The average Bonchev–Trinajstić information content (AvgIpc) is 2.90. The van der Waals surface area contributed by atoms with Crippen LogP contribution in [-0.4, -0.2) is 11.9 Å². The van der Waals surface area contributed by atoms with E-state index in [9.17, 15) is 4.79 Å². The minimum absolute atomic E-state index is 0.239. The van der Waals surface area contributed by atoms with Crippen LogP contribution in [0, 0.1) is 11.3 Å². The number of hydrogen-bond acceptors (Lipinski definition) is 4. The van der Waals surface area contributed by atoms with Crippen molar-refractivity contribution >= 4 is 33.9 Å². The number of carbonyl (C=O) groups excluding carboxylic acids is 1. The van der Waals surface area contributed by atoms with Crippen LogP contribution in [0.3, 0.4) is 0 Å². The van der Waals surface area contributed by atoms with Crippen molar-refractivity contribution in [2.75, 3.05) is 0 Å². The van der Waals surface area contributed by atoms with E-state index in [0.29, 0.717) is 5.56 Å². The van der Waals surface area contributed by atoms with Crippen LogP contribution in [0.15, 0.2) is 63.7 Å². The number of carbonyl (C=O) groups is 1. The maximum absolute atomic E-state index is 11.9. The molecule has 1 heterocycles. The van der Waals surface area contributed by atoms with Crippen LogP contribution in [-0.2, 0) is 9.53 Å². The molecular weight excluding hydrogens is 344 g/mol. The number of aliphatic imine (C=N–C) groups is 1. The number of benzene rings is 2. The lowest BCUT2D eigenvalue weighted by atomic mass is 10.1. The Kier molecular flexibility index (Phi) is 3.86. The maximum atomic E-state index is 11.9. The summed E-state index contributed by atoms with van der Waals surface area (Å²) in [7, 11) is 0. The van der Waals surface area contributed by atoms with Crippen molar-refractivity contribution in [2.24, 2.45) is 4.99 Å². The van der Waals surface area contributed by atoms with Crippen molar-refractivity contribution < 1.29 is 9.53 Å². The molecule has 0 N–H and O–H groups in total. The predicted molar refractivity (Wildman–Crippen MR) is 85.9 cm³/mol. The van der Waals surface area contributed by atoms with E-state index in [1.807, 2.05) is 30.3 Å². The summed E-state index contributed by atoms with van der Waals surface area (Å²) in [6.07, 6.45) is 1.63. The lowest BCUT2D eigenvalue weighted by Gasteiger charge is -1.98. The van der Waals surface area contributed by atoms with Gasteiger partial charge in [-0.2, -0.15) is 5.26 Å². The van der Waals surface area contributed by atoms with E-state index in [1.165, 1.54) is 0 Å². The fraction of sp³-hybridized carbons (Fsp3) is 0. The fourth-order valence-corrected chi connectivity index (χ4v) is 2.20. The van der Waals surface area contributed by atoms with Crippen LogP contribution in [0.4, 0.5) is 0 Å². The largest absolute Gasteiger partial charge is 0.402 e. The molecule has 0 atom stereocenters. The molecule has 0 unspecified atom stereocenters. The summed E-state index contributed by atoms with van der Waals surface area (Å²) in [4.78, 5) is 16.1. The van der Waals surface area contributed by atoms with Gasteiger partial charge in [0.2, 0.25) is 5.90 Å². The van der Waals surface area contributed by atoms with Crippen LogP contribution < -0.4 is 0 Å². The van der Waals surface area contributed by atoms with Crippen molar-refractivity contribution in [3.8, 4) is 6.07 Å². The second kappa shape index (κ2) is 5.96. The number of ether oxygens (including phenoxy) is 1. The Labute approximate surface area is 135 Å². The minimum atomic E-state index is -0.484. The van der Waals surface area contributed by atoms with Gasteiger partial charge in [-0.1, -0.05) is 28.1 Å². The van der Waals surface area contributed by atoms with Gasteiger partial charge in [0.25, 0.3) is 0 Å². The maximum Gasteiger partial charge on any atom is 0.363 e. The van der Waals surface area contributed by atoms with Crippen molar-refractivity contribution in [1.82, 2.24) is 0 Å². The smallest absolute Gasteiger partial charge is 0.363 e. The van der Waals surface area contributed by atoms with Gasteiger partial charge in [0.15, 0.2) is 5.70 Å². The highest BCUT2D eigenvalue weighted by Crippen LogP contribution is 2.20. The lowest BCUT2D eigenvalue weighted by Crippen LogP contribution is -2.05.